The number of ether oxygens (including phenoxy) is 1. The van der Waals surface area contributed by atoms with Crippen LogP contribution in [0.25, 0.3) is 0 Å². The molecule has 2 heterocycles. The predicted octanol–water partition coefficient (Wildman–Crippen LogP) is 1.05. The number of nitro groups is 1. The minimum absolute atomic E-state index is 0.112. The molecule has 1 aromatic rings. The van der Waals surface area contributed by atoms with E-state index in [1.54, 1.807) is 0 Å². The molecule has 98 valence electrons. The van der Waals surface area contributed by atoms with Gasteiger partial charge < -0.3 is 10.5 Å². The largest absolute Gasteiger partial charge is 0.476 e. The lowest BCUT2D eigenvalue weighted by Crippen LogP contribution is -2.25. The Labute approximate surface area is 105 Å². The van der Waals surface area contributed by atoms with Gasteiger partial charge in [-0.05, 0) is 25.9 Å². The molecular formula is C11H16N4O3. The van der Waals surface area contributed by atoms with Crippen LogP contribution in [0.5, 0.6) is 5.88 Å². The van der Waals surface area contributed by atoms with Crippen LogP contribution in [0, 0.1) is 10.1 Å². The van der Waals surface area contributed by atoms with Crippen LogP contribution in [-0.2, 0) is 0 Å². The molecule has 0 amide bonds. The molecule has 1 saturated heterocycles. The number of aromatic nitrogens is 1. The van der Waals surface area contributed by atoms with Crippen molar-refractivity contribution in [3.8, 4) is 5.88 Å². The van der Waals surface area contributed by atoms with Gasteiger partial charge in [-0.2, -0.15) is 4.98 Å². The summed E-state index contributed by atoms with van der Waals surface area (Å²) in [5.41, 5.74) is 5.28. The normalized spacial score (nSPS) is 15.8. The van der Waals surface area contributed by atoms with E-state index in [-0.39, 0.29) is 11.5 Å². The van der Waals surface area contributed by atoms with Gasteiger partial charge in [0, 0.05) is 18.7 Å². The molecule has 2 N–H and O–H groups in total. The maximum Gasteiger partial charge on any atom is 0.311 e. The van der Waals surface area contributed by atoms with Crippen molar-refractivity contribution in [3.05, 3.63) is 22.2 Å². The van der Waals surface area contributed by atoms with Crippen LogP contribution >= 0.6 is 0 Å². The molecule has 0 bridgehead atoms. The number of likely N-dealkylation sites (tertiary alicyclic amines) is 1. The van der Waals surface area contributed by atoms with Crippen molar-refractivity contribution in [1.29, 1.82) is 0 Å². The summed E-state index contributed by atoms with van der Waals surface area (Å²) in [4.78, 5) is 16.2. The molecule has 0 atom stereocenters. The van der Waals surface area contributed by atoms with Crippen LogP contribution in [0.15, 0.2) is 12.1 Å². The Bertz CT molecular complexity index is 432. The molecular weight excluding hydrogens is 236 g/mol. The van der Waals surface area contributed by atoms with Gasteiger partial charge in [0.1, 0.15) is 6.61 Å². The van der Waals surface area contributed by atoms with E-state index in [4.69, 9.17) is 10.5 Å². The monoisotopic (exact) mass is 252 g/mol. The lowest BCUT2D eigenvalue weighted by molar-refractivity contribution is -0.384. The molecule has 1 fully saturated rings. The molecule has 0 saturated carbocycles. The lowest BCUT2D eigenvalue weighted by Gasteiger charge is -2.14. The van der Waals surface area contributed by atoms with Gasteiger partial charge >= 0.3 is 5.69 Å². The molecule has 1 aliphatic heterocycles. The summed E-state index contributed by atoms with van der Waals surface area (Å²) in [6.45, 7) is 3.58. The number of rotatable bonds is 5. The van der Waals surface area contributed by atoms with E-state index in [0.29, 0.717) is 12.5 Å². The average Bonchev–Trinajstić information content (AvgIpc) is 2.81. The average molecular weight is 252 g/mol. The fraction of sp³-hybridized carbons (Fsp3) is 0.545. The van der Waals surface area contributed by atoms with Crippen LogP contribution in [-0.4, -0.2) is 41.0 Å². The first-order valence-corrected chi connectivity index (χ1v) is 5.93. The maximum absolute atomic E-state index is 10.6. The standard InChI is InChI=1S/C11H16N4O3/c12-11-9(15(16)17)3-4-10(13-11)18-8-7-14-5-1-2-6-14/h3-4H,1-2,5-8H2,(H2,12,13). The van der Waals surface area contributed by atoms with E-state index >= 15 is 0 Å². The minimum Gasteiger partial charge on any atom is -0.476 e. The topological polar surface area (TPSA) is 94.5 Å². The quantitative estimate of drug-likeness (QED) is 0.621. The van der Waals surface area contributed by atoms with E-state index in [1.807, 2.05) is 0 Å². The van der Waals surface area contributed by atoms with Crippen LogP contribution in [0.2, 0.25) is 0 Å². The Morgan fingerprint density at radius 2 is 2.17 bits per heavy atom. The fourth-order valence-corrected chi connectivity index (χ4v) is 1.97. The van der Waals surface area contributed by atoms with Crippen LogP contribution in [0.3, 0.4) is 0 Å². The minimum atomic E-state index is -0.559. The molecule has 0 aromatic carbocycles. The zero-order chi connectivity index (χ0) is 13.0. The van der Waals surface area contributed by atoms with Gasteiger partial charge in [0.25, 0.3) is 0 Å². The molecule has 7 heteroatoms. The third-order valence-corrected chi connectivity index (χ3v) is 2.93. The van der Waals surface area contributed by atoms with Gasteiger partial charge in [0.05, 0.1) is 4.92 Å². The van der Waals surface area contributed by atoms with Crippen molar-refractivity contribution < 1.29 is 9.66 Å². The molecule has 0 radical (unpaired) electrons. The number of hydrogen-bond acceptors (Lipinski definition) is 6. The van der Waals surface area contributed by atoms with Gasteiger partial charge in [0.15, 0.2) is 0 Å². The fourth-order valence-electron chi connectivity index (χ4n) is 1.97. The Morgan fingerprint density at radius 1 is 1.44 bits per heavy atom. The van der Waals surface area contributed by atoms with Crippen LogP contribution in [0.4, 0.5) is 11.5 Å². The highest BCUT2D eigenvalue weighted by atomic mass is 16.6. The van der Waals surface area contributed by atoms with E-state index in [0.717, 1.165) is 19.6 Å². The zero-order valence-electron chi connectivity index (χ0n) is 10.0. The highest BCUT2D eigenvalue weighted by molar-refractivity contribution is 5.53. The van der Waals surface area contributed by atoms with Gasteiger partial charge in [-0.15, -0.1) is 0 Å². The predicted molar refractivity (Wildman–Crippen MR) is 66.5 cm³/mol. The third-order valence-electron chi connectivity index (χ3n) is 2.93. The summed E-state index contributed by atoms with van der Waals surface area (Å²) >= 11 is 0. The molecule has 2 rings (SSSR count). The molecule has 0 aliphatic carbocycles. The van der Waals surface area contributed by atoms with Crippen molar-refractivity contribution in [3.63, 3.8) is 0 Å². The molecule has 7 nitrogen and oxygen atoms in total. The summed E-state index contributed by atoms with van der Waals surface area (Å²) in [5, 5.41) is 10.6. The summed E-state index contributed by atoms with van der Waals surface area (Å²) in [7, 11) is 0. The van der Waals surface area contributed by atoms with Crippen molar-refractivity contribution in [2.24, 2.45) is 0 Å². The highest BCUT2D eigenvalue weighted by Crippen LogP contribution is 2.21. The SMILES string of the molecule is Nc1nc(OCCN2CCCC2)ccc1[N+](=O)[O-]. The van der Waals surface area contributed by atoms with Crippen molar-refractivity contribution >= 4 is 11.5 Å². The number of hydrogen-bond donors (Lipinski definition) is 1. The molecule has 1 aliphatic rings. The molecule has 0 unspecified atom stereocenters. The van der Waals surface area contributed by atoms with Crippen LogP contribution in [0.1, 0.15) is 12.8 Å². The Morgan fingerprint density at radius 3 is 2.78 bits per heavy atom. The van der Waals surface area contributed by atoms with Gasteiger partial charge in [-0.1, -0.05) is 0 Å². The smallest absolute Gasteiger partial charge is 0.311 e. The van der Waals surface area contributed by atoms with Crippen molar-refractivity contribution in [2.45, 2.75) is 12.8 Å². The lowest BCUT2D eigenvalue weighted by atomic mass is 10.4. The second-order valence-electron chi connectivity index (χ2n) is 4.21. The zero-order valence-corrected chi connectivity index (χ0v) is 10.0. The summed E-state index contributed by atoms with van der Waals surface area (Å²) in [5.74, 6) is 0.218. The van der Waals surface area contributed by atoms with E-state index in [1.165, 1.54) is 25.0 Å². The summed E-state index contributed by atoms with van der Waals surface area (Å²) in [6.07, 6.45) is 2.48. The van der Waals surface area contributed by atoms with Gasteiger partial charge in [0.2, 0.25) is 11.7 Å². The number of nitrogens with zero attached hydrogens (tertiary/aromatic N) is 3. The maximum atomic E-state index is 10.6. The second kappa shape index (κ2) is 5.63. The number of nitrogen functional groups attached to an aromatic ring is 1. The van der Waals surface area contributed by atoms with E-state index in [9.17, 15) is 10.1 Å². The first-order chi connectivity index (χ1) is 8.66. The van der Waals surface area contributed by atoms with E-state index < -0.39 is 4.92 Å². The second-order valence-corrected chi connectivity index (χ2v) is 4.21. The van der Waals surface area contributed by atoms with Gasteiger partial charge in [-0.25, -0.2) is 0 Å². The van der Waals surface area contributed by atoms with Crippen molar-refractivity contribution in [1.82, 2.24) is 9.88 Å². The van der Waals surface area contributed by atoms with Gasteiger partial charge in [-0.3, -0.25) is 15.0 Å². The first kappa shape index (κ1) is 12.6. The summed E-state index contributed by atoms with van der Waals surface area (Å²) < 4.78 is 5.43. The highest BCUT2D eigenvalue weighted by Gasteiger charge is 2.14. The molecule has 18 heavy (non-hydrogen) atoms. The molecule has 1 aromatic heterocycles. The van der Waals surface area contributed by atoms with Crippen molar-refractivity contribution in [2.75, 3.05) is 32.0 Å². The van der Waals surface area contributed by atoms with E-state index in [2.05, 4.69) is 9.88 Å². The number of anilines is 1. The van der Waals surface area contributed by atoms with Crippen LogP contribution < -0.4 is 10.5 Å². The third kappa shape index (κ3) is 3.07. The Hall–Kier alpha value is -1.89. The Kier molecular flexibility index (Phi) is 3.93. The molecule has 0 spiro atoms. The number of nitrogens with two attached hydrogens (primary N) is 1. The summed E-state index contributed by atoms with van der Waals surface area (Å²) in [6, 6.07) is 2.78. The Balaban J connectivity index is 1.85. The number of pyridine rings is 1. The first-order valence-electron chi connectivity index (χ1n) is 5.93.